The fourth-order valence-electron chi connectivity index (χ4n) is 0.738. The van der Waals surface area contributed by atoms with E-state index in [1.165, 1.54) is 0 Å². The van der Waals surface area contributed by atoms with Crippen LogP contribution in [0.3, 0.4) is 0 Å². The van der Waals surface area contributed by atoms with Crippen molar-refractivity contribution in [3.05, 3.63) is 0 Å². The van der Waals surface area contributed by atoms with Gasteiger partial charge in [0.15, 0.2) is 0 Å². The van der Waals surface area contributed by atoms with Crippen LogP contribution in [0, 0.1) is 0 Å². The van der Waals surface area contributed by atoms with Crippen LogP contribution in [0.15, 0.2) is 0 Å². The number of nitrogens with two attached hydrogens (primary N) is 1. The molecule has 0 spiro atoms. The highest BCUT2D eigenvalue weighted by molar-refractivity contribution is 7.99. The summed E-state index contributed by atoms with van der Waals surface area (Å²) in [6, 6.07) is 0. The number of thioether (sulfide) groups is 1. The largest absolute Gasteiger partial charge is 0.356 e. The average molecular weight is 190 g/mol. The van der Waals surface area contributed by atoms with Gasteiger partial charge < -0.3 is 11.1 Å². The van der Waals surface area contributed by atoms with E-state index in [2.05, 4.69) is 5.32 Å². The van der Waals surface area contributed by atoms with Crippen molar-refractivity contribution in [3.63, 3.8) is 0 Å². The van der Waals surface area contributed by atoms with Crippen LogP contribution < -0.4 is 11.1 Å². The molecule has 0 aromatic rings. The Hall–Kier alpha value is -0.220. The Morgan fingerprint density at radius 2 is 2.25 bits per heavy atom. The maximum atomic E-state index is 10.9. The second-order valence-electron chi connectivity index (χ2n) is 2.46. The minimum atomic E-state index is 0.151. The van der Waals surface area contributed by atoms with Crippen molar-refractivity contribution >= 4 is 17.7 Å². The van der Waals surface area contributed by atoms with Crippen LogP contribution in [0.5, 0.6) is 0 Å². The van der Waals surface area contributed by atoms with E-state index in [0.717, 1.165) is 31.0 Å². The number of hydrogen-bond acceptors (Lipinski definition) is 3. The van der Waals surface area contributed by atoms with Crippen molar-refractivity contribution in [2.24, 2.45) is 5.73 Å². The minimum absolute atomic E-state index is 0.151. The normalized spacial score (nSPS) is 9.83. The van der Waals surface area contributed by atoms with Crippen LogP contribution in [0.25, 0.3) is 0 Å². The third-order valence-corrected chi connectivity index (χ3v) is 2.41. The first-order valence-electron chi connectivity index (χ1n) is 4.35. The van der Waals surface area contributed by atoms with Crippen LogP contribution in [0.4, 0.5) is 0 Å². The first kappa shape index (κ1) is 11.8. The molecule has 12 heavy (non-hydrogen) atoms. The van der Waals surface area contributed by atoms with E-state index in [1.54, 1.807) is 11.8 Å². The van der Waals surface area contributed by atoms with E-state index in [-0.39, 0.29) is 5.91 Å². The van der Waals surface area contributed by atoms with Gasteiger partial charge in [0.1, 0.15) is 0 Å². The first-order valence-corrected chi connectivity index (χ1v) is 5.51. The van der Waals surface area contributed by atoms with Crippen LogP contribution in [0.2, 0.25) is 0 Å². The molecule has 0 heterocycles. The Labute approximate surface area is 78.5 Å². The minimum Gasteiger partial charge on any atom is -0.356 e. The molecule has 0 aliphatic carbocycles. The van der Waals surface area contributed by atoms with Crippen LogP contribution in [-0.2, 0) is 4.79 Å². The summed E-state index contributed by atoms with van der Waals surface area (Å²) in [6.07, 6.45) is 1.67. The SMILES string of the molecule is CCNC(=O)CCSCCCN. The summed E-state index contributed by atoms with van der Waals surface area (Å²) in [4.78, 5) is 10.9. The molecule has 0 rings (SSSR count). The van der Waals surface area contributed by atoms with Gasteiger partial charge in [-0.2, -0.15) is 11.8 Å². The lowest BCUT2D eigenvalue weighted by Crippen LogP contribution is -2.22. The molecule has 0 saturated heterocycles. The lowest BCUT2D eigenvalue weighted by Gasteiger charge is -2.01. The van der Waals surface area contributed by atoms with E-state index in [1.807, 2.05) is 6.92 Å². The summed E-state index contributed by atoms with van der Waals surface area (Å²) >= 11 is 1.79. The lowest BCUT2D eigenvalue weighted by molar-refractivity contribution is -0.120. The summed E-state index contributed by atoms with van der Waals surface area (Å²) in [5.41, 5.74) is 5.33. The van der Waals surface area contributed by atoms with E-state index < -0.39 is 0 Å². The molecule has 72 valence electrons. The van der Waals surface area contributed by atoms with Crippen molar-refractivity contribution in [1.82, 2.24) is 5.32 Å². The van der Waals surface area contributed by atoms with Crippen molar-refractivity contribution < 1.29 is 4.79 Å². The zero-order chi connectivity index (χ0) is 9.23. The van der Waals surface area contributed by atoms with Gasteiger partial charge in [0, 0.05) is 18.7 Å². The fourth-order valence-corrected chi connectivity index (χ4v) is 1.64. The zero-order valence-corrected chi connectivity index (χ0v) is 8.45. The monoisotopic (exact) mass is 190 g/mol. The summed E-state index contributed by atoms with van der Waals surface area (Å²) in [5, 5.41) is 2.76. The van der Waals surface area contributed by atoms with Gasteiger partial charge in [-0.25, -0.2) is 0 Å². The Morgan fingerprint density at radius 3 is 2.83 bits per heavy atom. The molecule has 4 heteroatoms. The quantitative estimate of drug-likeness (QED) is 0.578. The molecular weight excluding hydrogens is 172 g/mol. The molecule has 3 N–H and O–H groups in total. The molecule has 0 aliphatic rings. The van der Waals surface area contributed by atoms with E-state index in [4.69, 9.17) is 5.73 Å². The number of carbonyl (C=O) groups excluding carboxylic acids is 1. The van der Waals surface area contributed by atoms with Gasteiger partial charge in [-0.1, -0.05) is 0 Å². The Balaban J connectivity index is 3.03. The smallest absolute Gasteiger partial charge is 0.220 e. The van der Waals surface area contributed by atoms with Gasteiger partial charge in [0.2, 0.25) is 5.91 Å². The van der Waals surface area contributed by atoms with Gasteiger partial charge in [-0.3, -0.25) is 4.79 Å². The summed E-state index contributed by atoms with van der Waals surface area (Å²) < 4.78 is 0. The molecule has 0 aromatic carbocycles. The topological polar surface area (TPSA) is 55.1 Å². The fraction of sp³-hybridized carbons (Fsp3) is 0.875. The zero-order valence-electron chi connectivity index (χ0n) is 7.64. The van der Waals surface area contributed by atoms with Crippen molar-refractivity contribution in [2.75, 3.05) is 24.6 Å². The van der Waals surface area contributed by atoms with Gasteiger partial charge in [-0.05, 0) is 25.6 Å². The highest BCUT2D eigenvalue weighted by atomic mass is 32.2. The van der Waals surface area contributed by atoms with Gasteiger partial charge in [0.05, 0.1) is 0 Å². The standard InChI is InChI=1S/C8H18N2OS/c1-2-10-8(11)4-7-12-6-3-5-9/h2-7,9H2,1H3,(H,10,11). The second kappa shape index (κ2) is 8.87. The number of hydrogen-bond donors (Lipinski definition) is 2. The third kappa shape index (κ3) is 7.88. The Kier molecular flexibility index (Phi) is 8.71. The Bertz CT molecular complexity index is 120. The van der Waals surface area contributed by atoms with Crippen LogP contribution >= 0.6 is 11.8 Å². The first-order chi connectivity index (χ1) is 5.81. The lowest BCUT2D eigenvalue weighted by atomic mass is 10.4. The molecule has 0 bridgehead atoms. The summed E-state index contributed by atoms with van der Waals surface area (Å²) in [7, 11) is 0. The van der Waals surface area contributed by atoms with Crippen molar-refractivity contribution in [2.45, 2.75) is 19.8 Å². The van der Waals surface area contributed by atoms with Crippen LogP contribution in [-0.4, -0.2) is 30.5 Å². The predicted molar refractivity (Wildman–Crippen MR) is 54.3 cm³/mol. The highest BCUT2D eigenvalue weighted by Gasteiger charge is 1.97. The number of carbonyl (C=O) groups is 1. The molecule has 1 amide bonds. The molecule has 3 nitrogen and oxygen atoms in total. The highest BCUT2D eigenvalue weighted by Crippen LogP contribution is 2.03. The molecule has 0 fully saturated rings. The van der Waals surface area contributed by atoms with Gasteiger partial charge in [-0.15, -0.1) is 0 Å². The molecule has 0 aromatic heterocycles. The maximum Gasteiger partial charge on any atom is 0.220 e. The number of rotatable bonds is 7. The molecule has 0 aliphatic heterocycles. The van der Waals surface area contributed by atoms with E-state index in [9.17, 15) is 4.79 Å². The maximum absolute atomic E-state index is 10.9. The van der Waals surface area contributed by atoms with Gasteiger partial charge in [0.25, 0.3) is 0 Å². The van der Waals surface area contributed by atoms with Crippen molar-refractivity contribution in [3.8, 4) is 0 Å². The summed E-state index contributed by atoms with van der Waals surface area (Å²) in [5.74, 6) is 2.12. The van der Waals surface area contributed by atoms with E-state index in [0.29, 0.717) is 6.42 Å². The molecular formula is C8H18N2OS. The second-order valence-corrected chi connectivity index (χ2v) is 3.68. The summed E-state index contributed by atoms with van der Waals surface area (Å²) in [6.45, 7) is 3.40. The number of nitrogens with one attached hydrogen (secondary N) is 1. The average Bonchev–Trinajstić information content (AvgIpc) is 2.05. The predicted octanol–water partition coefficient (Wildman–Crippen LogP) is 0.595. The molecule has 0 saturated carbocycles. The number of amides is 1. The molecule has 0 unspecified atom stereocenters. The van der Waals surface area contributed by atoms with E-state index >= 15 is 0 Å². The molecule has 0 radical (unpaired) electrons. The Morgan fingerprint density at radius 1 is 1.50 bits per heavy atom. The molecule has 0 atom stereocenters. The third-order valence-electron chi connectivity index (χ3n) is 1.34. The van der Waals surface area contributed by atoms with Crippen LogP contribution in [0.1, 0.15) is 19.8 Å². The van der Waals surface area contributed by atoms with Crippen molar-refractivity contribution in [1.29, 1.82) is 0 Å². The van der Waals surface area contributed by atoms with Gasteiger partial charge >= 0.3 is 0 Å².